The maximum Gasteiger partial charge on any atom is 0.227 e. The zero-order valence-electron chi connectivity index (χ0n) is 24.6. The number of oxazole rings is 1. The van der Waals surface area contributed by atoms with E-state index in [1.807, 2.05) is 81.9 Å². The number of imidazole rings is 2. The number of para-hydroxylation sites is 2. The number of fused-ring (bicyclic) bond motifs is 3. The molecule has 4 aromatic carbocycles. The second-order valence-electron chi connectivity index (χ2n) is 11.1. The number of benzene rings is 4. The van der Waals surface area contributed by atoms with Crippen molar-refractivity contribution in [3.05, 3.63) is 158 Å². The van der Waals surface area contributed by atoms with E-state index in [0.29, 0.717) is 5.89 Å². The van der Waals surface area contributed by atoms with Crippen LogP contribution in [0.5, 0.6) is 0 Å². The van der Waals surface area contributed by atoms with Gasteiger partial charge in [0, 0.05) is 58.5 Å². The van der Waals surface area contributed by atoms with Crippen LogP contribution in [0.1, 0.15) is 0 Å². The van der Waals surface area contributed by atoms with Gasteiger partial charge >= 0.3 is 0 Å². The zero-order valence-corrected chi connectivity index (χ0v) is 24.6. The van der Waals surface area contributed by atoms with Crippen molar-refractivity contribution in [1.29, 1.82) is 0 Å². The van der Waals surface area contributed by atoms with Gasteiger partial charge in [0.25, 0.3) is 0 Å². The van der Waals surface area contributed by atoms with E-state index in [9.17, 15) is 0 Å². The highest BCUT2D eigenvalue weighted by molar-refractivity contribution is 5.81. The monoisotopic (exact) mass is 594 g/mol. The predicted molar refractivity (Wildman–Crippen MR) is 182 cm³/mol. The summed E-state index contributed by atoms with van der Waals surface area (Å²) in [5, 5.41) is 0. The van der Waals surface area contributed by atoms with Crippen LogP contribution in [0.2, 0.25) is 0 Å². The first-order valence-electron chi connectivity index (χ1n) is 15.1. The van der Waals surface area contributed by atoms with Crippen LogP contribution in [-0.4, -0.2) is 23.8 Å². The molecule has 7 heteroatoms. The van der Waals surface area contributed by atoms with E-state index in [1.54, 1.807) is 0 Å². The molecule has 7 nitrogen and oxygen atoms in total. The SMILES string of the molecule is c1ccc2oc(-c3ccc(N(c4ccc(-c5cn6ccccc6n5)cc4)c4ccc(-c5cn6ccccc6n5)cc4)cc3)nc2c1. The fourth-order valence-electron chi connectivity index (χ4n) is 5.91. The Morgan fingerprint density at radius 2 is 0.935 bits per heavy atom. The largest absolute Gasteiger partial charge is 0.436 e. The first-order valence-corrected chi connectivity index (χ1v) is 15.1. The van der Waals surface area contributed by atoms with Gasteiger partial charge in [-0.3, -0.25) is 0 Å². The van der Waals surface area contributed by atoms with Crippen molar-refractivity contribution in [2.45, 2.75) is 0 Å². The number of anilines is 3. The van der Waals surface area contributed by atoms with Crippen LogP contribution in [0.3, 0.4) is 0 Å². The summed E-state index contributed by atoms with van der Waals surface area (Å²) < 4.78 is 10.1. The third kappa shape index (κ3) is 4.58. The van der Waals surface area contributed by atoms with Crippen molar-refractivity contribution in [3.8, 4) is 34.0 Å². The molecule has 5 heterocycles. The Hall–Kier alpha value is -6.47. The normalized spacial score (nSPS) is 11.5. The first kappa shape index (κ1) is 26.0. The zero-order chi connectivity index (χ0) is 30.5. The number of aromatic nitrogens is 5. The minimum absolute atomic E-state index is 0.605. The topological polar surface area (TPSA) is 63.9 Å². The average Bonchev–Trinajstić information content (AvgIpc) is 3.86. The Labute approximate surface area is 264 Å². The molecule has 9 rings (SSSR count). The second-order valence-corrected chi connectivity index (χ2v) is 11.1. The van der Waals surface area contributed by atoms with Gasteiger partial charge in [-0.05, 0) is 84.9 Å². The van der Waals surface area contributed by atoms with Gasteiger partial charge in [-0.1, -0.05) is 48.5 Å². The molecule has 0 unspecified atom stereocenters. The first-order chi connectivity index (χ1) is 22.7. The molecule has 0 saturated heterocycles. The molecule has 218 valence electrons. The number of hydrogen-bond donors (Lipinski definition) is 0. The molecule has 0 atom stereocenters. The molecule has 0 radical (unpaired) electrons. The van der Waals surface area contributed by atoms with Crippen LogP contribution in [0.25, 0.3) is 56.4 Å². The quantitative estimate of drug-likeness (QED) is 0.192. The summed E-state index contributed by atoms with van der Waals surface area (Å²) in [5.74, 6) is 0.605. The van der Waals surface area contributed by atoms with Crippen LogP contribution in [0, 0.1) is 0 Å². The second kappa shape index (κ2) is 10.6. The molecular weight excluding hydrogens is 568 g/mol. The summed E-state index contributed by atoms with van der Waals surface area (Å²) in [5.41, 5.74) is 11.4. The van der Waals surface area contributed by atoms with Gasteiger partial charge in [-0.15, -0.1) is 0 Å². The maximum absolute atomic E-state index is 6.04. The van der Waals surface area contributed by atoms with E-state index in [2.05, 4.69) is 95.1 Å². The summed E-state index contributed by atoms with van der Waals surface area (Å²) in [7, 11) is 0. The molecule has 0 N–H and O–H groups in total. The Balaban J connectivity index is 1.09. The molecule has 0 aliphatic heterocycles. The minimum atomic E-state index is 0.605. The summed E-state index contributed by atoms with van der Waals surface area (Å²) in [4.78, 5) is 16.6. The van der Waals surface area contributed by atoms with Crippen LogP contribution >= 0.6 is 0 Å². The van der Waals surface area contributed by atoms with Crippen molar-refractivity contribution >= 4 is 39.5 Å². The van der Waals surface area contributed by atoms with E-state index in [4.69, 9.17) is 14.4 Å². The minimum Gasteiger partial charge on any atom is -0.436 e. The smallest absolute Gasteiger partial charge is 0.227 e. The molecule has 0 fully saturated rings. The van der Waals surface area contributed by atoms with Gasteiger partial charge in [0.2, 0.25) is 5.89 Å². The van der Waals surface area contributed by atoms with E-state index in [0.717, 1.165) is 67.5 Å². The molecule has 0 aliphatic rings. The fraction of sp³-hybridized carbons (Fsp3) is 0. The molecule has 0 saturated carbocycles. The van der Waals surface area contributed by atoms with E-state index >= 15 is 0 Å². The van der Waals surface area contributed by atoms with E-state index in [-0.39, 0.29) is 0 Å². The highest BCUT2D eigenvalue weighted by Crippen LogP contribution is 2.37. The number of rotatable bonds is 6. The fourth-order valence-corrected chi connectivity index (χ4v) is 5.91. The standard InChI is InChI=1S/C39H26N6O/c1-2-8-36-33(7-1)42-39(46-36)29-15-21-32(22-16-29)45(30-17-11-27(12-18-30)34-25-43-23-5-3-9-37(43)40-34)31-19-13-28(14-20-31)35-26-44-24-6-4-10-38(44)41-35/h1-26H. The average molecular weight is 595 g/mol. The Kier molecular flexibility index (Phi) is 5.99. The highest BCUT2D eigenvalue weighted by atomic mass is 16.3. The molecule has 46 heavy (non-hydrogen) atoms. The van der Waals surface area contributed by atoms with Crippen LogP contribution in [0.15, 0.2) is 163 Å². The Morgan fingerprint density at radius 1 is 0.457 bits per heavy atom. The van der Waals surface area contributed by atoms with Crippen molar-refractivity contribution in [1.82, 2.24) is 23.8 Å². The lowest BCUT2D eigenvalue weighted by Crippen LogP contribution is -2.09. The maximum atomic E-state index is 6.04. The van der Waals surface area contributed by atoms with Gasteiger partial charge in [0.1, 0.15) is 16.8 Å². The number of hydrogen-bond acceptors (Lipinski definition) is 5. The van der Waals surface area contributed by atoms with Gasteiger partial charge in [-0.2, -0.15) is 0 Å². The third-order valence-corrected chi connectivity index (χ3v) is 8.24. The predicted octanol–water partition coefficient (Wildman–Crippen LogP) is 9.59. The Morgan fingerprint density at radius 3 is 1.43 bits per heavy atom. The lowest BCUT2D eigenvalue weighted by molar-refractivity contribution is 0.620. The van der Waals surface area contributed by atoms with Gasteiger partial charge in [-0.25, -0.2) is 15.0 Å². The summed E-state index contributed by atoms with van der Waals surface area (Å²) in [6, 6.07) is 45.3. The lowest BCUT2D eigenvalue weighted by atomic mass is 10.1. The lowest BCUT2D eigenvalue weighted by Gasteiger charge is -2.26. The molecule has 0 spiro atoms. The van der Waals surface area contributed by atoms with Crippen LogP contribution < -0.4 is 4.90 Å². The van der Waals surface area contributed by atoms with Crippen molar-refractivity contribution in [3.63, 3.8) is 0 Å². The number of pyridine rings is 2. The van der Waals surface area contributed by atoms with Crippen molar-refractivity contribution < 1.29 is 4.42 Å². The highest BCUT2D eigenvalue weighted by Gasteiger charge is 2.16. The molecule has 9 aromatic rings. The summed E-state index contributed by atoms with van der Waals surface area (Å²) in [6.07, 6.45) is 8.15. The van der Waals surface area contributed by atoms with Crippen molar-refractivity contribution in [2.24, 2.45) is 0 Å². The third-order valence-electron chi connectivity index (χ3n) is 8.24. The molecule has 5 aromatic heterocycles. The molecule has 0 bridgehead atoms. The Bertz CT molecular complexity index is 2090. The molecular formula is C39H26N6O. The molecule has 0 aliphatic carbocycles. The van der Waals surface area contributed by atoms with Gasteiger partial charge < -0.3 is 18.1 Å². The van der Waals surface area contributed by atoms with Crippen LogP contribution in [-0.2, 0) is 0 Å². The summed E-state index contributed by atoms with van der Waals surface area (Å²) in [6.45, 7) is 0. The van der Waals surface area contributed by atoms with Crippen LogP contribution in [0.4, 0.5) is 17.1 Å². The number of nitrogens with zero attached hydrogens (tertiary/aromatic N) is 6. The molecule has 0 amide bonds. The van der Waals surface area contributed by atoms with Crippen molar-refractivity contribution in [2.75, 3.05) is 4.90 Å². The van der Waals surface area contributed by atoms with E-state index < -0.39 is 0 Å². The van der Waals surface area contributed by atoms with Gasteiger partial charge in [0.15, 0.2) is 5.58 Å². The van der Waals surface area contributed by atoms with E-state index in [1.165, 1.54) is 0 Å². The van der Waals surface area contributed by atoms with Gasteiger partial charge in [0.05, 0.1) is 11.4 Å². The summed E-state index contributed by atoms with van der Waals surface area (Å²) >= 11 is 0.